The monoisotopic (exact) mass is 229 g/mol. The Bertz CT molecular complexity index is 270. The normalized spacial score (nSPS) is 26.2. The number of hydrogen-bond acceptors (Lipinski definition) is 4. The van der Waals surface area contributed by atoms with Gasteiger partial charge in [-0.25, -0.2) is 0 Å². The number of piperidine rings is 1. The third-order valence-electron chi connectivity index (χ3n) is 2.69. The van der Waals surface area contributed by atoms with E-state index in [1.54, 1.807) is 0 Å². The third-order valence-corrected chi connectivity index (χ3v) is 2.69. The van der Waals surface area contributed by atoms with Gasteiger partial charge in [-0.1, -0.05) is 6.92 Å². The molecule has 2 amide bonds. The van der Waals surface area contributed by atoms with Gasteiger partial charge in [0.15, 0.2) is 0 Å². The lowest BCUT2D eigenvalue weighted by molar-refractivity contribution is -0.129. The van der Waals surface area contributed by atoms with Crippen molar-refractivity contribution in [2.45, 2.75) is 26.4 Å². The Kier molecular flexibility index (Phi) is 4.70. The van der Waals surface area contributed by atoms with Gasteiger partial charge in [0.1, 0.15) is 0 Å². The number of aliphatic hydroxyl groups is 1. The Labute approximate surface area is 95.0 Å². The molecule has 1 aliphatic heterocycles. The zero-order valence-corrected chi connectivity index (χ0v) is 9.69. The van der Waals surface area contributed by atoms with Gasteiger partial charge in [-0.3, -0.25) is 25.3 Å². The molecule has 6 nitrogen and oxygen atoms in total. The Balaban J connectivity index is 2.26. The van der Waals surface area contributed by atoms with E-state index in [9.17, 15) is 14.7 Å². The van der Waals surface area contributed by atoms with Gasteiger partial charge >= 0.3 is 0 Å². The minimum Gasteiger partial charge on any atom is -0.393 e. The van der Waals surface area contributed by atoms with E-state index in [0.29, 0.717) is 19.5 Å². The Hall–Kier alpha value is -1.14. The van der Waals surface area contributed by atoms with Gasteiger partial charge in [0.25, 0.3) is 5.91 Å². The Morgan fingerprint density at radius 3 is 2.69 bits per heavy atom. The first kappa shape index (κ1) is 12.9. The molecule has 1 rings (SSSR count). The van der Waals surface area contributed by atoms with Crippen molar-refractivity contribution in [1.29, 1.82) is 0 Å². The van der Waals surface area contributed by atoms with Gasteiger partial charge in [-0.15, -0.1) is 0 Å². The smallest absolute Gasteiger partial charge is 0.252 e. The number of carbonyl (C=O) groups is 2. The molecule has 16 heavy (non-hydrogen) atoms. The maximum absolute atomic E-state index is 11.4. The molecule has 2 unspecified atom stereocenters. The fourth-order valence-corrected chi connectivity index (χ4v) is 1.76. The van der Waals surface area contributed by atoms with Crippen LogP contribution in [-0.4, -0.2) is 47.6 Å². The molecule has 1 heterocycles. The standard InChI is InChI=1S/C10H19N3O3/c1-7-5-13(4-3-9(7)15)6-10(16)12-11-8(2)14/h7,9,15H,3-6H2,1-2H3,(H,11,14)(H,12,16). The second-order valence-corrected chi connectivity index (χ2v) is 4.30. The third kappa shape index (κ3) is 4.16. The van der Waals surface area contributed by atoms with Gasteiger partial charge in [-0.05, 0) is 12.3 Å². The van der Waals surface area contributed by atoms with Crippen LogP contribution in [0.2, 0.25) is 0 Å². The summed E-state index contributed by atoms with van der Waals surface area (Å²) >= 11 is 0. The lowest BCUT2D eigenvalue weighted by Crippen LogP contribution is -2.49. The molecule has 0 aromatic carbocycles. The molecular weight excluding hydrogens is 210 g/mol. The van der Waals surface area contributed by atoms with Crippen molar-refractivity contribution in [3.63, 3.8) is 0 Å². The van der Waals surface area contributed by atoms with Crippen LogP contribution in [0.1, 0.15) is 20.3 Å². The molecule has 0 aromatic heterocycles. The topological polar surface area (TPSA) is 81.7 Å². The van der Waals surface area contributed by atoms with Crippen LogP contribution in [-0.2, 0) is 9.59 Å². The molecule has 0 aliphatic carbocycles. The summed E-state index contributed by atoms with van der Waals surface area (Å²) in [6, 6.07) is 0. The highest BCUT2D eigenvalue weighted by Gasteiger charge is 2.25. The van der Waals surface area contributed by atoms with Crippen LogP contribution in [0.15, 0.2) is 0 Å². The lowest BCUT2D eigenvalue weighted by atomic mass is 9.97. The van der Waals surface area contributed by atoms with E-state index in [1.807, 2.05) is 11.8 Å². The van der Waals surface area contributed by atoms with Crippen molar-refractivity contribution in [2.24, 2.45) is 5.92 Å². The first-order valence-electron chi connectivity index (χ1n) is 5.45. The van der Waals surface area contributed by atoms with Crippen molar-refractivity contribution in [1.82, 2.24) is 15.8 Å². The fraction of sp³-hybridized carbons (Fsp3) is 0.800. The van der Waals surface area contributed by atoms with Crippen molar-refractivity contribution in [3.05, 3.63) is 0 Å². The zero-order valence-electron chi connectivity index (χ0n) is 9.69. The highest BCUT2D eigenvalue weighted by molar-refractivity contribution is 5.81. The highest BCUT2D eigenvalue weighted by Crippen LogP contribution is 2.15. The maximum Gasteiger partial charge on any atom is 0.252 e. The summed E-state index contributed by atoms with van der Waals surface area (Å²) in [7, 11) is 0. The average molecular weight is 229 g/mol. The zero-order chi connectivity index (χ0) is 12.1. The van der Waals surface area contributed by atoms with E-state index in [-0.39, 0.29) is 30.4 Å². The van der Waals surface area contributed by atoms with Crippen LogP contribution in [0.3, 0.4) is 0 Å². The predicted molar refractivity (Wildman–Crippen MR) is 58.2 cm³/mol. The minimum absolute atomic E-state index is 0.183. The quantitative estimate of drug-likeness (QED) is 0.523. The second kappa shape index (κ2) is 5.81. The molecule has 1 saturated heterocycles. The van der Waals surface area contributed by atoms with Crippen molar-refractivity contribution in [3.8, 4) is 0 Å². The van der Waals surface area contributed by atoms with Gasteiger partial charge in [0.2, 0.25) is 5.91 Å². The summed E-state index contributed by atoms with van der Waals surface area (Å²) in [4.78, 5) is 23.9. The van der Waals surface area contributed by atoms with Crippen molar-refractivity contribution in [2.75, 3.05) is 19.6 Å². The van der Waals surface area contributed by atoms with Crippen LogP contribution >= 0.6 is 0 Å². The van der Waals surface area contributed by atoms with Crippen LogP contribution < -0.4 is 10.9 Å². The average Bonchev–Trinajstić information content (AvgIpc) is 2.21. The molecule has 0 aromatic rings. The molecular formula is C10H19N3O3. The summed E-state index contributed by atoms with van der Waals surface area (Å²) in [6.07, 6.45) is 0.420. The van der Waals surface area contributed by atoms with Gasteiger partial charge < -0.3 is 5.11 Å². The van der Waals surface area contributed by atoms with Crippen molar-refractivity contribution >= 4 is 11.8 Å². The number of nitrogens with zero attached hydrogens (tertiary/aromatic N) is 1. The minimum atomic E-state index is -0.296. The molecule has 92 valence electrons. The molecule has 0 spiro atoms. The molecule has 3 N–H and O–H groups in total. The first-order chi connectivity index (χ1) is 7.49. The molecule has 0 radical (unpaired) electrons. The largest absolute Gasteiger partial charge is 0.393 e. The van der Waals surface area contributed by atoms with E-state index >= 15 is 0 Å². The number of nitrogens with one attached hydrogen (secondary N) is 2. The number of likely N-dealkylation sites (tertiary alicyclic amines) is 1. The summed E-state index contributed by atoms with van der Waals surface area (Å²) in [6.45, 7) is 4.95. The number of aliphatic hydroxyl groups excluding tert-OH is 1. The molecule has 6 heteroatoms. The second-order valence-electron chi connectivity index (χ2n) is 4.30. The van der Waals surface area contributed by atoms with E-state index < -0.39 is 0 Å². The molecule has 1 aliphatic rings. The lowest BCUT2D eigenvalue weighted by Gasteiger charge is -2.33. The Morgan fingerprint density at radius 2 is 2.12 bits per heavy atom. The van der Waals surface area contributed by atoms with Gasteiger partial charge in [0, 0.05) is 20.0 Å². The molecule has 0 saturated carbocycles. The maximum atomic E-state index is 11.4. The highest BCUT2D eigenvalue weighted by atomic mass is 16.3. The first-order valence-corrected chi connectivity index (χ1v) is 5.45. The summed E-state index contributed by atoms with van der Waals surface area (Å²) in [5.74, 6) is -0.350. The number of carbonyl (C=O) groups excluding carboxylic acids is 2. The van der Waals surface area contributed by atoms with E-state index in [4.69, 9.17) is 0 Å². The van der Waals surface area contributed by atoms with Crippen LogP contribution in [0.5, 0.6) is 0 Å². The van der Waals surface area contributed by atoms with E-state index in [2.05, 4.69) is 10.9 Å². The number of amides is 2. The van der Waals surface area contributed by atoms with Crippen LogP contribution in [0, 0.1) is 5.92 Å². The number of rotatable bonds is 2. The molecule has 0 bridgehead atoms. The van der Waals surface area contributed by atoms with Gasteiger partial charge in [-0.2, -0.15) is 0 Å². The summed E-state index contributed by atoms with van der Waals surface area (Å²) in [5.41, 5.74) is 4.55. The Morgan fingerprint density at radius 1 is 1.44 bits per heavy atom. The van der Waals surface area contributed by atoms with Gasteiger partial charge in [0.05, 0.1) is 12.6 Å². The SMILES string of the molecule is CC(=O)NNC(=O)CN1CCC(O)C(C)C1. The predicted octanol–water partition coefficient (Wildman–Crippen LogP) is -1.14. The summed E-state index contributed by atoms with van der Waals surface area (Å²) < 4.78 is 0. The number of hydrogen-bond donors (Lipinski definition) is 3. The molecule has 2 atom stereocenters. The van der Waals surface area contributed by atoms with Crippen molar-refractivity contribution < 1.29 is 14.7 Å². The van der Waals surface area contributed by atoms with E-state index in [0.717, 1.165) is 0 Å². The summed E-state index contributed by atoms with van der Waals surface area (Å²) in [5, 5.41) is 9.52. The fourth-order valence-electron chi connectivity index (χ4n) is 1.76. The molecule has 1 fully saturated rings. The number of hydrazine groups is 1. The van der Waals surface area contributed by atoms with Crippen LogP contribution in [0.25, 0.3) is 0 Å². The van der Waals surface area contributed by atoms with Crippen LogP contribution in [0.4, 0.5) is 0 Å². The van der Waals surface area contributed by atoms with E-state index in [1.165, 1.54) is 6.92 Å².